The maximum absolute atomic E-state index is 2.62. The first-order chi connectivity index (χ1) is 15.5. The highest BCUT2D eigenvalue weighted by molar-refractivity contribution is 5.35. The van der Waals surface area contributed by atoms with Crippen LogP contribution in [0.1, 0.15) is 93.7 Å². The fourth-order valence-corrected chi connectivity index (χ4v) is 8.43. The largest absolute Gasteiger partial charge is 0.306 e. The Bertz CT molecular complexity index is 770. The zero-order chi connectivity index (χ0) is 22.2. The van der Waals surface area contributed by atoms with Gasteiger partial charge in [-0.2, -0.15) is 0 Å². The van der Waals surface area contributed by atoms with Crippen LogP contribution in [0, 0.1) is 29.6 Å². The molecule has 0 N–H and O–H groups in total. The Morgan fingerprint density at radius 3 is 2.53 bits per heavy atom. The Morgan fingerprint density at radius 2 is 1.69 bits per heavy atom. The van der Waals surface area contributed by atoms with Crippen LogP contribution in [0.5, 0.6) is 0 Å². The molecule has 7 unspecified atom stereocenters. The van der Waals surface area contributed by atoms with E-state index in [0.717, 1.165) is 48.1 Å². The van der Waals surface area contributed by atoms with Crippen molar-refractivity contribution in [3.8, 4) is 0 Å². The van der Waals surface area contributed by atoms with Crippen molar-refractivity contribution in [1.29, 1.82) is 0 Å². The van der Waals surface area contributed by atoms with Gasteiger partial charge in [0.1, 0.15) is 0 Å². The van der Waals surface area contributed by atoms with Gasteiger partial charge in [-0.25, -0.2) is 0 Å². The minimum absolute atomic E-state index is 0.787. The molecule has 2 heteroatoms. The second-order valence-corrected chi connectivity index (χ2v) is 12.5. The Labute approximate surface area is 198 Å². The van der Waals surface area contributed by atoms with E-state index in [2.05, 4.69) is 56.1 Å². The van der Waals surface area contributed by atoms with Crippen molar-refractivity contribution in [2.75, 3.05) is 27.7 Å². The van der Waals surface area contributed by atoms with E-state index >= 15 is 0 Å². The van der Waals surface area contributed by atoms with Gasteiger partial charge < -0.3 is 9.80 Å². The average Bonchev–Trinajstić information content (AvgIpc) is 2.87. The summed E-state index contributed by atoms with van der Waals surface area (Å²) >= 11 is 0. The van der Waals surface area contributed by atoms with E-state index in [-0.39, 0.29) is 0 Å². The molecule has 4 aliphatic rings. The highest BCUT2D eigenvalue weighted by Gasteiger charge is 2.44. The molecule has 178 valence electrons. The Kier molecular flexibility index (Phi) is 7.01. The quantitative estimate of drug-likeness (QED) is 0.507. The summed E-state index contributed by atoms with van der Waals surface area (Å²) in [6.07, 6.45) is 15.9. The third kappa shape index (κ3) is 4.69. The molecular weight excluding hydrogens is 388 g/mol. The van der Waals surface area contributed by atoms with Crippen LogP contribution in [0.15, 0.2) is 18.2 Å². The van der Waals surface area contributed by atoms with Gasteiger partial charge in [0.2, 0.25) is 0 Å². The second-order valence-electron chi connectivity index (χ2n) is 12.5. The van der Waals surface area contributed by atoms with Gasteiger partial charge in [0.05, 0.1) is 0 Å². The van der Waals surface area contributed by atoms with Crippen molar-refractivity contribution in [2.45, 2.75) is 96.1 Å². The molecule has 1 heterocycles. The fourth-order valence-electron chi connectivity index (χ4n) is 8.43. The Morgan fingerprint density at radius 1 is 0.844 bits per heavy atom. The number of fused-ring (bicyclic) bond motifs is 4. The first-order valence-electron chi connectivity index (χ1n) is 14.0. The highest BCUT2D eigenvalue weighted by Crippen LogP contribution is 2.52. The molecule has 1 aliphatic heterocycles. The highest BCUT2D eigenvalue weighted by atomic mass is 15.1. The lowest BCUT2D eigenvalue weighted by molar-refractivity contribution is 0.00139. The molecule has 32 heavy (non-hydrogen) atoms. The Balaban J connectivity index is 1.29. The van der Waals surface area contributed by atoms with E-state index in [0.29, 0.717) is 0 Å². The fraction of sp³-hybridized carbons (Fsp3) is 0.800. The third-order valence-electron chi connectivity index (χ3n) is 10.4. The number of hydrogen-bond donors (Lipinski definition) is 0. The van der Waals surface area contributed by atoms with Crippen molar-refractivity contribution in [2.24, 2.45) is 29.6 Å². The van der Waals surface area contributed by atoms with Gasteiger partial charge >= 0.3 is 0 Å². The average molecular weight is 437 g/mol. The van der Waals surface area contributed by atoms with Gasteiger partial charge in [0.25, 0.3) is 0 Å². The molecule has 0 radical (unpaired) electrons. The zero-order valence-corrected chi connectivity index (χ0v) is 21.4. The van der Waals surface area contributed by atoms with Gasteiger partial charge in [0.15, 0.2) is 0 Å². The summed E-state index contributed by atoms with van der Waals surface area (Å²) < 4.78 is 0. The molecule has 3 fully saturated rings. The monoisotopic (exact) mass is 436 g/mol. The smallest absolute Gasteiger partial charge is 0.0233 e. The molecule has 2 nitrogen and oxygen atoms in total. The number of rotatable bonds is 2. The van der Waals surface area contributed by atoms with Crippen molar-refractivity contribution in [1.82, 2.24) is 9.80 Å². The van der Waals surface area contributed by atoms with Crippen LogP contribution in [0.25, 0.3) is 0 Å². The van der Waals surface area contributed by atoms with E-state index in [4.69, 9.17) is 0 Å². The minimum Gasteiger partial charge on any atom is -0.306 e. The lowest BCUT2D eigenvalue weighted by Gasteiger charge is -2.50. The van der Waals surface area contributed by atoms with Crippen molar-refractivity contribution in [3.63, 3.8) is 0 Å². The van der Waals surface area contributed by atoms with Gasteiger partial charge in [-0.3, -0.25) is 0 Å². The number of hydrogen-bond acceptors (Lipinski definition) is 2. The SMILES string of the molecule is CC1CCC(c2ccc3c(c2)CN(C)CC3)CCCC2C1CCC1CC(N(C)C)CCC12. The maximum Gasteiger partial charge on any atom is 0.0233 e. The van der Waals surface area contributed by atoms with E-state index in [1.807, 2.05) is 0 Å². The molecule has 1 aromatic rings. The molecule has 3 aliphatic carbocycles. The number of nitrogens with zero attached hydrogens (tertiary/aromatic N) is 2. The molecule has 0 amide bonds. The predicted octanol–water partition coefficient (Wildman–Crippen LogP) is 6.73. The summed E-state index contributed by atoms with van der Waals surface area (Å²) in [5.74, 6) is 5.76. The number of benzene rings is 1. The van der Waals surface area contributed by atoms with Crippen molar-refractivity contribution < 1.29 is 0 Å². The van der Waals surface area contributed by atoms with Crippen LogP contribution in [-0.2, 0) is 13.0 Å². The lowest BCUT2D eigenvalue weighted by Crippen LogP contribution is -2.44. The minimum atomic E-state index is 0.787. The molecule has 3 saturated carbocycles. The molecule has 0 bridgehead atoms. The molecular formula is C30H48N2. The first-order valence-corrected chi connectivity index (χ1v) is 14.0. The summed E-state index contributed by atoms with van der Waals surface area (Å²) in [6.45, 7) is 4.98. The summed E-state index contributed by atoms with van der Waals surface area (Å²) in [4.78, 5) is 5.00. The van der Waals surface area contributed by atoms with Gasteiger partial charge in [-0.1, -0.05) is 31.5 Å². The second kappa shape index (κ2) is 9.79. The maximum atomic E-state index is 2.62. The van der Waals surface area contributed by atoms with E-state index in [1.54, 1.807) is 16.7 Å². The lowest BCUT2D eigenvalue weighted by atomic mass is 9.57. The normalized spacial score (nSPS) is 38.7. The molecule has 0 aromatic heterocycles. The van der Waals surface area contributed by atoms with Crippen LogP contribution in [0.2, 0.25) is 0 Å². The topological polar surface area (TPSA) is 6.48 Å². The van der Waals surface area contributed by atoms with E-state index < -0.39 is 0 Å². The molecule has 7 atom stereocenters. The first kappa shape index (κ1) is 22.9. The Hall–Kier alpha value is -0.860. The van der Waals surface area contributed by atoms with Crippen molar-refractivity contribution >= 4 is 0 Å². The van der Waals surface area contributed by atoms with Crippen LogP contribution in [0.3, 0.4) is 0 Å². The van der Waals surface area contributed by atoms with Crippen molar-refractivity contribution in [3.05, 3.63) is 34.9 Å². The number of likely N-dealkylation sites (N-methyl/N-ethyl adjacent to an activating group) is 1. The zero-order valence-electron chi connectivity index (χ0n) is 21.4. The van der Waals surface area contributed by atoms with E-state index in [9.17, 15) is 0 Å². The standard InChI is InChI=1S/C30H48N2/c1-21-8-9-22(24-11-10-23-16-17-32(4)20-26(23)18-24)6-5-7-30-28(21)14-12-25-19-27(31(2)3)13-15-29(25)30/h10-11,18,21-22,25,27-30H,5-9,12-17,19-20H2,1-4H3. The molecule has 5 rings (SSSR count). The van der Waals surface area contributed by atoms with E-state index in [1.165, 1.54) is 77.2 Å². The molecule has 0 spiro atoms. The van der Waals surface area contributed by atoms with Gasteiger partial charge in [-0.15, -0.1) is 0 Å². The predicted molar refractivity (Wildman–Crippen MR) is 136 cm³/mol. The van der Waals surface area contributed by atoms with Gasteiger partial charge in [0, 0.05) is 19.1 Å². The van der Waals surface area contributed by atoms with Crippen LogP contribution in [0.4, 0.5) is 0 Å². The summed E-state index contributed by atoms with van der Waals surface area (Å²) in [6, 6.07) is 8.42. The summed E-state index contributed by atoms with van der Waals surface area (Å²) in [5, 5.41) is 0. The molecule has 1 aromatic carbocycles. The third-order valence-corrected chi connectivity index (χ3v) is 10.4. The van der Waals surface area contributed by atoms with Crippen LogP contribution >= 0.6 is 0 Å². The summed E-state index contributed by atoms with van der Waals surface area (Å²) in [7, 11) is 6.88. The van der Waals surface area contributed by atoms with Crippen LogP contribution < -0.4 is 0 Å². The summed E-state index contributed by atoms with van der Waals surface area (Å²) in [5.41, 5.74) is 4.87. The van der Waals surface area contributed by atoms with Crippen LogP contribution in [-0.4, -0.2) is 43.5 Å². The molecule has 0 saturated heterocycles. The van der Waals surface area contributed by atoms with Gasteiger partial charge in [-0.05, 0) is 138 Å².